The van der Waals surface area contributed by atoms with E-state index in [0.717, 1.165) is 16.8 Å². The molecule has 1 N–H and O–H groups in total. The van der Waals surface area contributed by atoms with E-state index < -0.39 is 5.97 Å². The largest absolute Gasteiger partial charge is 0.476 e. The minimum atomic E-state index is -1.16. The SMILES string of the molecule is CC1CN(Cc2cccc(Oc3ccccc3Cl)c2)CCN1C(=O)n1ccc(C(=O)O)n1. The monoisotopic (exact) mass is 454 g/mol. The van der Waals surface area contributed by atoms with Crippen molar-refractivity contribution >= 4 is 23.6 Å². The Hall–Kier alpha value is -3.36. The Kier molecular flexibility index (Phi) is 6.43. The summed E-state index contributed by atoms with van der Waals surface area (Å²) in [5, 5.41) is 13.4. The number of para-hydroxylation sites is 1. The zero-order valence-electron chi connectivity index (χ0n) is 17.5. The molecule has 8 nitrogen and oxygen atoms in total. The quantitative estimate of drug-likeness (QED) is 0.621. The van der Waals surface area contributed by atoms with Crippen molar-refractivity contribution in [2.75, 3.05) is 19.6 Å². The van der Waals surface area contributed by atoms with Crippen molar-refractivity contribution in [1.82, 2.24) is 19.6 Å². The smallest absolute Gasteiger partial charge is 0.356 e. The van der Waals surface area contributed by atoms with Crippen molar-refractivity contribution in [2.24, 2.45) is 0 Å². The molecule has 166 valence electrons. The van der Waals surface area contributed by atoms with Gasteiger partial charge in [-0.25, -0.2) is 9.59 Å². The summed E-state index contributed by atoms with van der Waals surface area (Å²) < 4.78 is 7.01. The highest BCUT2D eigenvalue weighted by molar-refractivity contribution is 6.32. The standard InChI is InChI=1S/C23H23ClN4O4/c1-16-14-26(11-12-27(16)23(31)28-10-9-20(25-28)22(29)30)15-17-5-4-6-18(13-17)32-21-8-3-2-7-19(21)24/h2-10,13,16H,11-12,14-15H2,1H3,(H,29,30). The van der Waals surface area contributed by atoms with E-state index in [-0.39, 0.29) is 17.8 Å². The Bertz CT molecular complexity index is 1130. The minimum absolute atomic E-state index is 0.0451. The van der Waals surface area contributed by atoms with Crippen molar-refractivity contribution in [1.29, 1.82) is 0 Å². The van der Waals surface area contributed by atoms with Gasteiger partial charge in [0.25, 0.3) is 0 Å². The molecular formula is C23H23ClN4O4. The van der Waals surface area contributed by atoms with Crippen LogP contribution < -0.4 is 4.74 Å². The summed E-state index contributed by atoms with van der Waals surface area (Å²) in [5.41, 5.74) is 0.947. The molecule has 0 aliphatic carbocycles. The van der Waals surface area contributed by atoms with Crippen molar-refractivity contribution in [3.8, 4) is 11.5 Å². The molecular weight excluding hydrogens is 432 g/mol. The number of ether oxygens (including phenoxy) is 1. The summed E-state index contributed by atoms with van der Waals surface area (Å²) in [5.74, 6) is 0.164. The second kappa shape index (κ2) is 9.42. The topological polar surface area (TPSA) is 87.9 Å². The Labute approximate surface area is 190 Å². The van der Waals surface area contributed by atoms with E-state index in [1.807, 2.05) is 49.4 Å². The summed E-state index contributed by atoms with van der Waals surface area (Å²) in [6.45, 7) is 4.60. The number of carbonyl (C=O) groups is 2. The summed E-state index contributed by atoms with van der Waals surface area (Å²) >= 11 is 6.19. The lowest BCUT2D eigenvalue weighted by molar-refractivity contribution is 0.0689. The van der Waals surface area contributed by atoms with Crippen LogP contribution in [0.5, 0.6) is 11.5 Å². The lowest BCUT2D eigenvalue weighted by Crippen LogP contribution is -2.54. The first-order valence-corrected chi connectivity index (χ1v) is 10.6. The molecule has 1 atom stereocenters. The first-order valence-electron chi connectivity index (χ1n) is 10.2. The van der Waals surface area contributed by atoms with Crippen LogP contribution in [-0.2, 0) is 6.54 Å². The molecule has 1 saturated heterocycles. The summed E-state index contributed by atoms with van der Waals surface area (Å²) in [6.07, 6.45) is 1.38. The lowest BCUT2D eigenvalue weighted by atomic mass is 10.1. The van der Waals surface area contributed by atoms with Gasteiger partial charge in [0.2, 0.25) is 0 Å². The van der Waals surface area contributed by atoms with Gasteiger partial charge in [-0.2, -0.15) is 9.78 Å². The predicted octanol–water partition coefficient (Wildman–Crippen LogP) is 4.20. The number of aromatic carboxylic acids is 1. The number of hydrogen-bond acceptors (Lipinski definition) is 5. The summed E-state index contributed by atoms with van der Waals surface area (Å²) in [7, 11) is 0. The van der Waals surface area contributed by atoms with E-state index in [4.69, 9.17) is 21.4 Å². The van der Waals surface area contributed by atoms with Crippen LogP contribution in [0, 0.1) is 0 Å². The summed E-state index contributed by atoms with van der Waals surface area (Å²) in [6, 6.07) is 16.2. The van der Waals surface area contributed by atoms with Crippen molar-refractivity contribution in [3.05, 3.63) is 77.1 Å². The van der Waals surface area contributed by atoms with Gasteiger partial charge < -0.3 is 14.7 Å². The lowest BCUT2D eigenvalue weighted by Gasteiger charge is -2.39. The van der Waals surface area contributed by atoms with Crippen LogP contribution in [0.3, 0.4) is 0 Å². The number of aromatic nitrogens is 2. The number of carboxylic acids is 1. The fourth-order valence-electron chi connectivity index (χ4n) is 3.76. The third-order valence-electron chi connectivity index (χ3n) is 5.33. The predicted molar refractivity (Wildman–Crippen MR) is 119 cm³/mol. The van der Waals surface area contributed by atoms with Gasteiger partial charge in [0.1, 0.15) is 11.5 Å². The van der Waals surface area contributed by atoms with Crippen LogP contribution in [0.4, 0.5) is 4.79 Å². The van der Waals surface area contributed by atoms with Crippen LogP contribution in [-0.4, -0.2) is 62.4 Å². The first-order chi connectivity index (χ1) is 15.4. The van der Waals surface area contributed by atoms with Crippen LogP contribution in [0.2, 0.25) is 5.02 Å². The number of nitrogens with zero attached hydrogens (tertiary/aromatic N) is 4. The average molecular weight is 455 g/mol. The number of halogens is 1. The van der Waals surface area contributed by atoms with Gasteiger partial charge in [-0.15, -0.1) is 0 Å². The molecule has 0 bridgehead atoms. The number of carboxylic acid groups (broad SMARTS) is 1. The molecule has 1 unspecified atom stereocenters. The maximum Gasteiger partial charge on any atom is 0.356 e. The number of carbonyl (C=O) groups excluding carboxylic acids is 1. The van der Waals surface area contributed by atoms with Crippen LogP contribution in [0.15, 0.2) is 60.8 Å². The molecule has 1 aromatic heterocycles. The van der Waals surface area contributed by atoms with Gasteiger partial charge in [0, 0.05) is 38.4 Å². The Morgan fingerprint density at radius 1 is 1.16 bits per heavy atom. The van der Waals surface area contributed by atoms with Gasteiger partial charge in [-0.05, 0) is 42.8 Å². The molecule has 1 amide bonds. The van der Waals surface area contributed by atoms with Gasteiger partial charge >= 0.3 is 12.0 Å². The normalized spacial score (nSPS) is 16.7. The average Bonchev–Trinajstić information content (AvgIpc) is 3.26. The highest BCUT2D eigenvalue weighted by Gasteiger charge is 2.29. The highest BCUT2D eigenvalue weighted by Crippen LogP contribution is 2.29. The molecule has 4 rings (SSSR count). The minimum Gasteiger partial charge on any atom is -0.476 e. The molecule has 1 aliphatic rings. The van der Waals surface area contributed by atoms with Crippen LogP contribution in [0.1, 0.15) is 23.0 Å². The van der Waals surface area contributed by atoms with Crippen molar-refractivity contribution in [3.63, 3.8) is 0 Å². The van der Waals surface area contributed by atoms with Gasteiger partial charge in [-0.1, -0.05) is 35.9 Å². The maximum atomic E-state index is 12.7. The van der Waals surface area contributed by atoms with E-state index >= 15 is 0 Å². The number of rotatable bonds is 5. The number of hydrogen-bond donors (Lipinski definition) is 1. The van der Waals surface area contributed by atoms with E-state index in [2.05, 4.69) is 10.00 Å². The first kappa shape index (κ1) is 21.9. The molecule has 1 fully saturated rings. The Morgan fingerprint density at radius 3 is 2.69 bits per heavy atom. The fraction of sp³-hybridized carbons (Fsp3) is 0.261. The van der Waals surface area contributed by atoms with E-state index in [9.17, 15) is 9.59 Å². The molecule has 0 saturated carbocycles. The Morgan fingerprint density at radius 2 is 1.97 bits per heavy atom. The van der Waals surface area contributed by atoms with E-state index in [0.29, 0.717) is 36.2 Å². The molecule has 9 heteroatoms. The molecule has 1 aliphatic heterocycles. The molecule has 0 spiro atoms. The van der Waals surface area contributed by atoms with E-state index in [1.165, 1.54) is 12.3 Å². The van der Waals surface area contributed by atoms with Gasteiger partial charge in [-0.3, -0.25) is 4.90 Å². The second-order valence-electron chi connectivity index (χ2n) is 7.69. The second-order valence-corrected chi connectivity index (χ2v) is 8.10. The zero-order chi connectivity index (χ0) is 22.7. The molecule has 3 aromatic rings. The van der Waals surface area contributed by atoms with Crippen molar-refractivity contribution in [2.45, 2.75) is 19.5 Å². The van der Waals surface area contributed by atoms with Crippen molar-refractivity contribution < 1.29 is 19.4 Å². The molecule has 2 heterocycles. The fourth-order valence-corrected chi connectivity index (χ4v) is 3.93. The number of amides is 1. The zero-order valence-corrected chi connectivity index (χ0v) is 18.3. The maximum absolute atomic E-state index is 12.7. The third-order valence-corrected chi connectivity index (χ3v) is 5.64. The summed E-state index contributed by atoms with van der Waals surface area (Å²) in [4.78, 5) is 27.7. The molecule has 2 aromatic carbocycles. The van der Waals surface area contributed by atoms with Crippen LogP contribution in [0.25, 0.3) is 0 Å². The number of benzene rings is 2. The Balaban J connectivity index is 1.37. The van der Waals surface area contributed by atoms with Gasteiger partial charge in [0.05, 0.1) is 5.02 Å². The van der Waals surface area contributed by atoms with E-state index in [1.54, 1.807) is 11.0 Å². The third kappa shape index (κ3) is 4.92. The van der Waals surface area contributed by atoms with Gasteiger partial charge in [0.15, 0.2) is 5.69 Å². The number of piperazine rings is 1. The molecule has 0 radical (unpaired) electrons. The van der Waals surface area contributed by atoms with Crippen LogP contribution >= 0.6 is 11.6 Å². The molecule has 32 heavy (non-hydrogen) atoms. The highest BCUT2D eigenvalue weighted by atomic mass is 35.5.